The largest absolute Gasteiger partial charge is 0.369 e. The Labute approximate surface area is 155 Å². The van der Waals surface area contributed by atoms with Crippen molar-refractivity contribution in [2.75, 3.05) is 0 Å². The molecule has 2 aliphatic rings. The molecule has 2 amide bonds. The van der Waals surface area contributed by atoms with Crippen LogP contribution in [0.1, 0.15) is 38.5 Å². The van der Waals surface area contributed by atoms with Crippen molar-refractivity contribution in [3.8, 4) is 0 Å². The van der Waals surface area contributed by atoms with Crippen molar-refractivity contribution in [1.29, 1.82) is 0 Å². The number of hydrogen-bond acceptors (Lipinski definition) is 3. The highest BCUT2D eigenvalue weighted by atomic mass is 35.6. The molecule has 2 aliphatic carbocycles. The van der Waals surface area contributed by atoms with Gasteiger partial charge in [-0.2, -0.15) is 0 Å². The van der Waals surface area contributed by atoms with Crippen molar-refractivity contribution in [2.45, 2.75) is 41.6 Å². The third-order valence-corrected chi connectivity index (χ3v) is 5.45. The number of amides is 2. The lowest BCUT2D eigenvalue weighted by atomic mass is 9.75. The zero-order valence-corrected chi connectivity index (χ0v) is 15.6. The monoisotopic (exact) mass is 396 g/mol. The summed E-state index contributed by atoms with van der Waals surface area (Å²) in [4.78, 5) is 24.1. The Hall–Kier alpha value is -0.360. The first-order valence-corrected chi connectivity index (χ1v) is 9.45. The van der Waals surface area contributed by atoms with E-state index in [1.54, 1.807) is 0 Å². The van der Waals surface area contributed by atoms with Gasteiger partial charge in [0.05, 0.1) is 11.8 Å². The van der Waals surface area contributed by atoms with Crippen molar-refractivity contribution < 1.29 is 9.59 Å². The summed E-state index contributed by atoms with van der Waals surface area (Å²) in [5, 5.41) is 0. The Morgan fingerprint density at radius 3 is 2.48 bits per heavy atom. The van der Waals surface area contributed by atoms with Crippen molar-refractivity contribution in [3.63, 3.8) is 0 Å². The molecule has 0 saturated heterocycles. The number of carbonyl (C=O) groups is 2. The standard InChI is InChI=1S/C15H19Cl3N2O2S/c16-15(17,18)23-20-14(22)12-8-10(6-7-11(12)13(19)21)9-4-2-1-3-5-9/h4,6,11-12H,1-3,5,7-8H2,(H2,19,21)(H,20,22). The summed E-state index contributed by atoms with van der Waals surface area (Å²) in [6.45, 7) is 0. The van der Waals surface area contributed by atoms with E-state index in [2.05, 4.69) is 10.8 Å². The predicted octanol–water partition coefficient (Wildman–Crippen LogP) is 4.02. The van der Waals surface area contributed by atoms with Crippen LogP contribution in [0.4, 0.5) is 0 Å². The van der Waals surface area contributed by atoms with E-state index in [1.165, 1.54) is 12.0 Å². The molecular formula is C15H19Cl3N2O2S. The number of carbonyl (C=O) groups excluding carboxylic acids is 2. The molecule has 0 spiro atoms. The zero-order valence-electron chi connectivity index (χ0n) is 12.5. The minimum atomic E-state index is -1.64. The van der Waals surface area contributed by atoms with Crippen LogP contribution in [0.15, 0.2) is 23.3 Å². The molecule has 4 nitrogen and oxygen atoms in total. The topological polar surface area (TPSA) is 72.2 Å². The fraction of sp³-hybridized carbons (Fsp3) is 0.600. The SMILES string of the molecule is NC(=O)C1CC=C(C2=CCCCC2)CC1C(=O)NSC(Cl)(Cl)Cl. The second-order valence-electron chi connectivity index (χ2n) is 5.77. The molecule has 0 radical (unpaired) electrons. The van der Waals surface area contributed by atoms with Crippen LogP contribution in [0.25, 0.3) is 0 Å². The molecule has 0 aromatic rings. The summed E-state index contributed by atoms with van der Waals surface area (Å²) < 4.78 is 0.886. The molecule has 2 atom stereocenters. The highest BCUT2D eigenvalue weighted by Crippen LogP contribution is 2.39. The average Bonchev–Trinajstić information content (AvgIpc) is 2.52. The summed E-state index contributed by atoms with van der Waals surface area (Å²) in [5.74, 6) is -1.86. The lowest BCUT2D eigenvalue weighted by molar-refractivity contribution is -0.132. The first-order chi connectivity index (χ1) is 10.8. The van der Waals surface area contributed by atoms with E-state index in [0.29, 0.717) is 24.8 Å². The first kappa shape index (κ1) is 19.0. The number of hydrogen-bond donors (Lipinski definition) is 2. The summed E-state index contributed by atoms with van der Waals surface area (Å²) in [5.41, 5.74) is 7.88. The van der Waals surface area contributed by atoms with Gasteiger partial charge in [0.1, 0.15) is 0 Å². The maximum atomic E-state index is 12.4. The number of nitrogens with one attached hydrogen (secondary N) is 1. The molecule has 0 saturated carbocycles. The van der Waals surface area contributed by atoms with Gasteiger partial charge >= 0.3 is 0 Å². The number of nitrogens with two attached hydrogens (primary N) is 1. The third-order valence-electron chi connectivity index (χ3n) is 4.22. The third kappa shape index (κ3) is 5.59. The smallest absolute Gasteiger partial charge is 0.256 e. The average molecular weight is 398 g/mol. The van der Waals surface area contributed by atoms with Crippen molar-refractivity contribution in [3.05, 3.63) is 23.3 Å². The van der Waals surface area contributed by atoms with Gasteiger partial charge in [-0.1, -0.05) is 47.0 Å². The van der Waals surface area contributed by atoms with E-state index in [9.17, 15) is 9.59 Å². The summed E-state index contributed by atoms with van der Waals surface area (Å²) in [7, 11) is 0. The minimum Gasteiger partial charge on any atom is -0.369 e. The van der Waals surface area contributed by atoms with Gasteiger partial charge in [-0.3, -0.25) is 14.3 Å². The Morgan fingerprint density at radius 2 is 1.91 bits per heavy atom. The van der Waals surface area contributed by atoms with Crippen molar-refractivity contribution in [2.24, 2.45) is 17.6 Å². The number of halogens is 3. The van der Waals surface area contributed by atoms with E-state index >= 15 is 0 Å². The van der Waals surface area contributed by atoms with Crippen LogP contribution < -0.4 is 10.5 Å². The van der Waals surface area contributed by atoms with Gasteiger partial charge in [0, 0.05) is 11.9 Å². The normalized spacial score (nSPS) is 25.3. The molecule has 23 heavy (non-hydrogen) atoms. The van der Waals surface area contributed by atoms with Gasteiger partial charge in [0.2, 0.25) is 11.8 Å². The van der Waals surface area contributed by atoms with Crippen LogP contribution in [-0.4, -0.2) is 14.9 Å². The van der Waals surface area contributed by atoms with Crippen molar-refractivity contribution in [1.82, 2.24) is 4.72 Å². The molecule has 0 heterocycles. The maximum Gasteiger partial charge on any atom is 0.256 e. The van der Waals surface area contributed by atoms with Crippen LogP contribution >= 0.6 is 46.8 Å². The first-order valence-electron chi connectivity index (χ1n) is 7.50. The number of alkyl halides is 3. The highest BCUT2D eigenvalue weighted by molar-refractivity contribution is 8.03. The molecule has 0 bridgehead atoms. The Morgan fingerprint density at radius 1 is 1.17 bits per heavy atom. The molecule has 0 fully saturated rings. The van der Waals surface area contributed by atoms with Gasteiger partial charge in [-0.25, -0.2) is 0 Å². The fourth-order valence-corrected chi connectivity index (χ4v) is 3.78. The molecule has 2 unspecified atom stereocenters. The summed E-state index contributed by atoms with van der Waals surface area (Å²) in [6.07, 6.45) is 9.66. The van der Waals surface area contributed by atoms with Gasteiger partial charge in [0.15, 0.2) is 0 Å². The predicted molar refractivity (Wildman–Crippen MR) is 96.1 cm³/mol. The lowest BCUT2D eigenvalue weighted by Crippen LogP contribution is -2.40. The number of primary amides is 1. The van der Waals surface area contributed by atoms with Gasteiger partial charge < -0.3 is 5.73 Å². The molecule has 3 N–H and O–H groups in total. The van der Waals surface area contributed by atoms with E-state index in [0.717, 1.165) is 24.8 Å². The maximum absolute atomic E-state index is 12.4. The van der Waals surface area contributed by atoms with E-state index in [4.69, 9.17) is 40.5 Å². The molecule has 8 heteroatoms. The Balaban J connectivity index is 2.11. The molecule has 0 aromatic carbocycles. The summed E-state index contributed by atoms with van der Waals surface area (Å²) in [6, 6.07) is 0. The molecule has 0 aliphatic heterocycles. The highest BCUT2D eigenvalue weighted by Gasteiger charge is 2.37. The Kier molecular flexibility index (Phi) is 6.72. The lowest BCUT2D eigenvalue weighted by Gasteiger charge is -2.30. The van der Waals surface area contributed by atoms with Gasteiger partial charge in [-0.05, 0) is 49.7 Å². The minimum absolute atomic E-state index is 0.327. The van der Waals surface area contributed by atoms with E-state index in [1.807, 2.05) is 6.08 Å². The Bertz CT molecular complexity index is 543. The second-order valence-corrected chi connectivity index (χ2v) is 9.75. The number of allylic oxidation sites excluding steroid dienone is 4. The molecule has 0 aromatic heterocycles. The zero-order chi connectivity index (χ0) is 17.0. The summed E-state index contributed by atoms with van der Waals surface area (Å²) >= 11 is 17.6. The van der Waals surface area contributed by atoms with Crippen molar-refractivity contribution >= 4 is 58.6 Å². The van der Waals surface area contributed by atoms with Crippen LogP contribution in [0.2, 0.25) is 0 Å². The number of rotatable bonds is 4. The molecule has 128 valence electrons. The molecule has 2 rings (SSSR count). The fourth-order valence-electron chi connectivity index (χ4n) is 3.06. The van der Waals surface area contributed by atoms with Crippen LogP contribution in [0.5, 0.6) is 0 Å². The molecular weight excluding hydrogens is 379 g/mol. The van der Waals surface area contributed by atoms with Crippen LogP contribution in [-0.2, 0) is 9.59 Å². The second kappa shape index (κ2) is 8.15. The van der Waals surface area contributed by atoms with E-state index in [-0.39, 0.29) is 5.91 Å². The van der Waals surface area contributed by atoms with Gasteiger partial charge in [0.25, 0.3) is 3.12 Å². The van der Waals surface area contributed by atoms with Crippen LogP contribution in [0.3, 0.4) is 0 Å². The quantitative estimate of drug-likeness (QED) is 0.556. The van der Waals surface area contributed by atoms with Crippen LogP contribution in [0, 0.1) is 11.8 Å². The van der Waals surface area contributed by atoms with E-state index < -0.39 is 20.9 Å². The van der Waals surface area contributed by atoms with Gasteiger partial charge in [-0.15, -0.1) is 0 Å².